The molecule has 0 radical (unpaired) electrons. The summed E-state index contributed by atoms with van der Waals surface area (Å²) in [7, 11) is 0. The van der Waals surface area contributed by atoms with Gasteiger partial charge in [-0.1, -0.05) is 37.3 Å². The summed E-state index contributed by atoms with van der Waals surface area (Å²) in [5.41, 5.74) is -0.511. The normalized spacial score (nSPS) is 12.7. The first-order chi connectivity index (χ1) is 13.0. The lowest BCUT2D eigenvalue weighted by Crippen LogP contribution is -2.47. The third-order valence-electron chi connectivity index (χ3n) is 4.43. The minimum atomic E-state index is -1.17. The summed E-state index contributed by atoms with van der Waals surface area (Å²) in [6, 6.07) is 15.9. The fourth-order valence-electron chi connectivity index (χ4n) is 2.79. The number of carboxylic acids is 1. The first-order valence-corrected chi connectivity index (χ1v) is 8.93. The van der Waals surface area contributed by atoms with Crippen molar-refractivity contribution in [3.8, 4) is 11.5 Å². The van der Waals surface area contributed by atoms with Crippen molar-refractivity contribution in [3.05, 3.63) is 60.2 Å². The Labute approximate surface area is 159 Å². The molecule has 2 aromatic carbocycles. The minimum Gasteiger partial charge on any atom is -0.494 e. The van der Waals surface area contributed by atoms with E-state index in [-0.39, 0.29) is 19.1 Å². The molecule has 1 unspecified atom stereocenters. The Morgan fingerprint density at radius 2 is 1.56 bits per heavy atom. The lowest BCUT2D eigenvalue weighted by atomic mass is 9.78. The summed E-state index contributed by atoms with van der Waals surface area (Å²) in [6.45, 7) is 4.07. The number of aliphatic carboxylic acids is 1. The van der Waals surface area contributed by atoms with Crippen LogP contribution in [0.1, 0.15) is 25.8 Å². The van der Waals surface area contributed by atoms with Crippen molar-refractivity contribution in [2.24, 2.45) is 0 Å². The lowest BCUT2D eigenvalue weighted by Gasteiger charge is -2.29. The number of carbonyl (C=O) groups is 2. The zero-order valence-corrected chi connectivity index (χ0v) is 15.6. The predicted octanol–water partition coefficient (Wildman–Crippen LogP) is 3.01. The molecule has 6 nitrogen and oxygen atoms in total. The average Bonchev–Trinajstić information content (AvgIpc) is 2.69. The van der Waals surface area contributed by atoms with Crippen molar-refractivity contribution < 1.29 is 24.2 Å². The SMILES string of the molecule is CCOc1ccc(OCC(=O)NCC(CC)(C(=O)O)c2ccccc2)cc1. The topological polar surface area (TPSA) is 84.9 Å². The third-order valence-corrected chi connectivity index (χ3v) is 4.43. The average molecular weight is 371 g/mol. The zero-order chi connectivity index (χ0) is 19.7. The van der Waals surface area contributed by atoms with E-state index < -0.39 is 11.4 Å². The smallest absolute Gasteiger partial charge is 0.315 e. The summed E-state index contributed by atoms with van der Waals surface area (Å²) >= 11 is 0. The van der Waals surface area contributed by atoms with Gasteiger partial charge in [0.2, 0.25) is 0 Å². The zero-order valence-electron chi connectivity index (χ0n) is 15.6. The van der Waals surface area contributed by atoms with Crippen LogP contribution < -0.4 is 14.8 Å². The summed E-state index contributed by atoms with van der Waals surface area (Å²) < 4.78 is 10.8. The highest BCUT2D eigenvalue weighted by atomic mass is 16.5. The molecule has 1 atom stereocenters. The van der Waals surface area contributed by atoms with Crippen LogP contribution in [0.15, 0.2) is 54.6 Å². The van der Waals surface area contributed by atoms with E-state index in [1.54, 1.807) is 55.5 Å². The van der Waals surface area contributed by atoms with E-state index >= 15 is 0 Å². The van der Waals surface area contributed by atoms with E-state index in [9.17, 15) is 14.7 Å². The van der Waals surface area contributed by atoms with Crippen molar-refractivity contribution in [3.63, 3.8) is 0 Å². The maximum absolute atomic E-state index is 12.1. The molecular formula is C21H25NO5. The van der Waals surface area contributed by atoms with Crippen LogP contribution in [0.4, 0.5) is 0 Å². The van der Waals surface area contributed by atoms with E-state index in [0.717, 1.165) is 5.75 Å². The number of hydrogen-bond donors (Lipinski definition) is 2. The van der Waals surface area contributed by atoms with Gasteiger partial charge in [-0.15, -0.1) is 0 Å². The molecule has 1 amide bonds. The van der Waals surface area contributed by atoms with E-state index in [1.807, 2.05) is 13.0 Å². The van der Waals surface area contributed by atoms with Crippen LogP contribution in [0.2, 0.25) is 0 Å². The second kappa shape index (κ2) is 9.62. The number of nitrogens with one attached hydrogen (secondary N) is 1. The van der Waals surface area contributed by atoms with Crippen molar-refractivity contribution in [1.82, 2.24) is 5.32 Å². The molecule has 0 saturated heterocycles. The Kier molecular flexibility index (Phi) is 7.23. The number of hydrogen-bond acceptors (Lipinski definition) is 4. The van der Waals surface area contributed by atoms with Crippen molar-refractivity contribution >= 4 is 11.9 Å². The van der Waals surface area contributed by atoms with Crippen LogP contribution >= 0.6 is 0 Å². The standard InChI is InChI=1S/C21H25NO5/c1-3-21(20(24)25,16-8-6-5-7-9-16)15-22-19(23)14-27-18-12-10-17(11-13-18)26-4-2/h5-13H,3-4,14-15H2,1-2H3,(H,22,23)(H,24,25). The molecule has 0 fully saturated rings. The molecule has 0 aromatic heterocycles. The number of amides is 1. The van der Waals surface area contributed by atoms with Gasteiger partial charge in [0.05, 0.1) is 6.61 Å². The molecule has 0 spiro atoms. The van der Waals surface area contributed by atoms with Crippen LogP contribution in [-0.4, -0.2) is 36.7 Å². The third kappa shape index (κ3) is 5.23. The molecule has 144 valence electrons. The molecule has 6 heteroatoms. The van der Waals surface area contributed by atoms with Gasteiger partial charge in [0.25, 0.3) is 5.91 Å². The number of ether oxygens (including phenoxy) is 2. The van der Waals surface area contributed by atoms with E-state index in [4.69, 9.17) is 9.47 Å². The Morgan fingerprint density at radius 1 is 0.963 bits per heavy atom. The lowest BCUT2D eigenvalue weighted by molar-refractivity contribution is -0.144. The molecule has 0 heterocycles. The van der Waals surface area contributed by atoms with Crippen LogP contribution in [0.5, 0.6) is 11.5 Å². The maximum atomic E-state index is 12.1. The van der Waals surface area contributed by atoms with E-state index in [2.05, 4.69) is 5.32 Å². The highest BCUT2D eigenvalue weighted by molar-refractivity contribution is 5.84. The molecule has 2 rings (SSSR count). The van der Waals surface area contributed by atoms with Gasteiger partial charge >= 0.3 is 5.97 Å². The van der Waals surface area contributed by atoms with Crippen LogP contribution in [0.3, 0.4) is 0 Å². The quantitative estimate of drug-likeness (QED) is 0.671. The molecule has 0 saturated carbocycles. The first-order valence-electron chi connectivity index (χ1n) is 8.93. The molecule has 2 N–H and O–H groups in total. The fraction of sp³-hybridized carbons (Fsp3) is 0.333. The molecule has 0 bridgehead atoms. The predicted molar refractivity (Wildman–Crippen MR) is 102 cm³/mol. The summed E-state index contributed by atoms with van der Waals surface area (Å²) in [5.74, 6) is -0.0779. The molecule has 2 aromatic rings. The van der Waals surface area contributed by atoms with Crippen LogP contribution in [0.25, 0.3) is 0 Å². The fourth-order valence-corrected chi connectivity index (χ4v) is 2.79. The van der Waals surface area contributed by atoms with Gasteiger partial charge in [0, 0.05) is 6.54 Å². The number of rotatable bonds is 10. The number of carbonyl (C=O) groups excluding carboxylic acids is 1. The van der Waals surface area contributed by atoms with Gasteiger partial charge in [-0.2, -0.15) is 0 Å². The van der Waals surface area contributed by atoms with Crippen LogP contribution in [0, 0.1) is 0 Å². The Hall–Kier alpha value is -3.02. The summed E-state index contributed by atoms with van der Waals surface area (Å²) in [4.78, 5) is 24.1. The molecule has 27 heavy (non-hydrogen) atoms. The van der Waals surface area contributed by atoms with Gasteiger partial charge in [-0.25, -0.2) is 0 Å². The Bertz CT molecular complexity index is 745. The van der Waals surface area contributed by atoms with Crippen molar-refractivity contribution in [2.45, 2.75) is 25.7 Å². The second-order valence-corrected chi connectivity index (χ2v) is 6.08. The molecular weight excluding hydrogens is 346 g/mol. The highest BCUT2D eigenvalue weighted by Gasteiger charge is 2.38. The van der Waals surface area contributed by atoms with E-state index in [0.29, 0.717) is 24.3 Å². The molecule has 0 aliphatic carbocycles. The number of carboxylic acid groups (broad SMARTS) is 1. The van der Waals surface area contributed by atoms with E-state index in [1.165, 1.54) is 0 Å². The van der Waals surface area contributed by atoms with Crippen molar-refractivity contribution in [1.29, 1.82) is 0 Å². The highest BCUT2D eigenvalue weighted by Crippen LogP contribution is 2.27. The van der Waals surface area contributed by atoms with Gasteiger partial charge in [-0.05, 0) is 43.2 Å². The van der Waals surface area contributed by atoms with Gasteiger partial charge in [0.1, 0.15) is 16.9 Å². The van der Waals surface area contributed by atoms with Gasteiger partial charge < -0.3 is 19.9 Å². The van der Waals surface area contributed by atoms with Gasteiger partial charge in [-0.3, -0.25) is 9.59 Å². The summed E-state index contributed by atoms with van der Waals surface area (Å²) in [5, 5.41) is 12.5. The van der Waals surface area contributed by atoms with Crippen LogP contribution in [-0.2, 0) is 15.0 Å². The number of benzene rings is 2. The second-order valence-electron chi connectivity index (χ2n) is 6.08. The van der Waals surface area contributed by atoms with Gasteiger partial charge in [0.15, 0.2) is 6.61 Å². The maximum Gasteiger partial charge on any atom is 0.315 e. The largest absolute Gasteiger partial charge is 0.494 e. The Balaban J connectivity index is 1.95. The molecule has 0 aliphatic heterocycles. The van der Waals surface area contributed by atoms with Crippen molar-refractivity contribution in [2.75, 3.05) is 19.8 Å². The monoisotopic (exact) mass is 371 g/mol. The summed E-state index contributed by atoms with van der Waals surface area (Å²) in [6.07, 6.45) is 0.354. The molecule has 0 aliphatic rings. The first kappa shape index (κ1) is 20.3. The minimum absolute atomic E-state index is 0.00564. The Morgan fingerprint density at radius 3 is 2.07 bits per heavy atom.